The summed E-state index contributed by atoms with van der Waals surface area (Å²) in [6.07, 6.45) is 1.96. The van der Waals surface area contributed by atoms with Crippen LogP contribution in [0.15, 0.2) is 12.3 Å². The highest BCUT2D eigenvalue weighted by atomic mass is 32.2. The zero-order chi connectivity index (χ0) is 8.10. The van der Waals surface area contributed by atoms with Gasteiger partial charge in [0.1, 0.15) is 0 Å². The maximum absolute atomic E-state index is 5.35. The van der Waals surface area contributed by atoms with Crippen LogP contribution in [-0.4, -0.2) is 22.1 Å². The molecular weight excluding hydrogens is 158 g/mol. The van der Waals surface area contributed by atoms with Crippen LogP contribution in [0.5, 0.6) is 0 Å². The van der Waals surface area contributed by atoms with Crippen molar-refractivity contribution in [1.82, 2.24) is 9.78 Å². The summed E-state index contributed by atoms with van der Waals surface area (Å²) in [6, 6.07) is 2.03. The molecule has 0 atom stereocenters. The third kappa shape index (κ3) is 2.95. The Labute approximate surface area is 71.0 Å². The van der Waals surface area contributed by atoms with E-state index in [1.54, 1.807) is 0 Å². The molecule has 1 rings (SSSR count). The van der Waals surface area contributed by atoms with Crippen molar-refractivity contribution in [1.29, 1.82) is 0 Å². The van der Waals surface area contributed by atoms with Gasteiger partial charge in [-0.25, -0.2) is 0 Å². The molecule has 0 aliphatic carbocycles. The topological polar surface area (TPSA) is 43.8 Å². The van der Waals surface area contributed by atoms with Crippen molar-refractivity contribution in [3.8, 4) is 0 Å². The predicted octanol–water partition coefficient (Wildman–Crippen LogP) is 0.612. The molecule has 4 heteroatoms. The van der Waals surface area contributed by atoms with Crippen LogP contribution in [0.25, 0.3) is 0 Å². The smallest absolute Gasteiger partial charge is 0.0723 e. The first-order chi connectivity index (χ1) is 5.33. The maximum atomic E-state index is 5.35. The Morgan fingerprint density at radius 1 is 1.73 bits per heavy atom. The van der Waals surface area contributed by atoms with E-state index in [-0.39, 0.29) is 0 Å². The molecule has 0 radical (unpaired) electrons. The Hall–Kier alpha value is -0.480. The molecule has 0 spiro atoms. The number of rotatable bonds is 4. The Balaban J connectivity index is 2.27. The summed E-state index contributed by atoms with van der Waals surface area (Å²) in [5.74, 6) is 1.98. The van der Waals surface area contributed by atoms with Crippen molar-refractivity contribution >= 4 is 11.8 Å². The minimum Gasteiger partial charge on any atom is -0.330 e. The van der Waals surface area contributed by atoms with E-state index in [2.05, 4.69) is 5.10 Å². The van der Waals surface area contributed by atoms with Gasteiger partial charge >= 0.3 is 0 Å². The highest BCUT2D eigenvalue weighted by Gasteiger charge is 1.94. The lowest BCUT2D eigenvalue weighted by Crippen LogP contribution is -2.01. The van der Waals surface area contributed by atoms with Crippen molar-refractivity contribution in [2.45, 2.75) is 5.75 Å². The van der Waals surface area contributed by atoms with Crippen LogP contribution in [0.2, 0.25) is 0 Å². The lowest BCUT2D eigenvalue weighted by molar-refractivity contribution is 0.755. The molecule has 1 aromatic rings. The Morgan fingerprint density at radius 3 is 3.09 bits per heavy atom. The number of aryl methyl sites for hydroxylation is 1. The molecule has 0 aromatic carbocycles. The second kappa shape index (κ2) is 4.41. The van der Waals surface area contributed by atoms with Gasteiger partial charge in [-0.3, -0.25) is 4.68 Å². The molecule has 2 N–H and O–H groups in total. The SMILES string of the molecule is Cn1ccc(CSCCN)n1. The van der Waals surface area contributed by atoms with Crippen LogP contribution >= 0.6 is 11.8 Å². The van der Waals surface area contributed by atoms with Crippen LogP contribution in [0.4, 0.5) is 0 Å². The predicted molar refractivity (Wildman–Crippen MR) is 48.4 cm³/mol. The maximum Gasteiger partial charge on any atom is 0.0723 e. The lowest BCUT2D eigenvalue weighted by Gasteiger charge is -1.94. The fourth-order valence-electron chi connectivity index (χ4n) is 0.800. The van der Waals surface area contributed by atoms with Gasteiger partial charge in [0, 0.05) is 31.3 Å². The molecule has 0 aliphatic heterocycles. The van der Waals surface area contributed by atoms with Gasteiger partial charge in [-0.15, -0.1) is 0 Å². The van der Waals surface area contributed by atoms with Gasteiger partial charge in [0.2, 0.25) is 0 Å². The summed E-state index contributed by atoms with van der Waals surface area (Å²) in [7, 11) is 1.93. The summed E-state index contributed by atoms with van der Waals surface area (Å²) in [5.41, 5.74) is 6.48. The molecule has 0 saturated carbocycles. The standard InChI is InChI=1S/C7H13N3S/c1-10-4-2-7(9-10)6-11-5-3-8/h2,4H,3,5-6,8H2,1H3. The highest BCUT2D eigenvalue weighted by molar-refractivity contribution is 7.98. The number of hydrogen-bond acceptors (Lipinski definition) is 3. The van der Waals surface area contributed by atoms with Gasteiger partial charge < -0.3 is 5.73 Å². The monoisotopic (exact) mass is 171 g/mol. The van der Waals surface area contributed by atoms with Crippen molar-refractivity contribution in [2.75, 3.05) is 12.3 Å². The summed E-state index contributed by atoms with van der Waals surface area (Å²) >= 11 is 1.82. The minimum absolute atomic E-state index is 0.748. The molecule has 0 unspecified atom stereocenters. The first kappa shape index (κ1) is 8.62. The first-order valence-corrected chi connectivity index (χ1v) is 4.74. The number of thioether (sulfide) groups is 1. The van der Waals surface area contributed by atoms with Gasteiger partial charge in [0.05, 0.1) is 5.69 Å². The molecule has 0 bridgehead atoms. The lowest BCUT2D eigenvalue weighted by atomic mass is 10.5. The number of nitrogens with two attached hydrogens (primary N) is 1. The number of nitrogens with zero attached hydrogens (tertiary/aromatic N) is 2. The van der Waals surface area contributed by atoms with Crippen LogP contribution in [0.3, 0.4) is 0 Å². The summed E-state index contributed by atoms with van der Waals surface area (Å²) in [5, 5.41) is 4.24. The zero-order valence-corrected chi connectivity index (χ0v) is 7.47. The highest BCUT2D eigenvalue weighted by Crippen LogP contribution is 2.07. The fourth-order valence-corrected chi connectivity index (χ4v) is 1.47. The number of aromatic nitrogens is 2. The van der Waals surface area contributed by atoms with Gasteiger partial charge in [-0.1, -0.05) is 0 Å². The molecule has 62 valence electrons. The molecular formula is C7H13N3S. The first-order valence-electron chi connectivity index (χ1n) is 3.59. The van der Waals surface area contributed by atoms with E-state index in [1.165, 1.54) is 0 Å². The molecule has 1 heterocycles. The summed E-state index contributed by atoms with van der Waals surface area (Å²) < 4.78 is 1.82. The largest absolute Gasteiger partial charge is 0.330 e. The molecule has 1 aromatic heterocycles. The van der Waals surface area contributed by atoms with Gasteiger partial charge in [-0.2, -0.15) is 16.9 Å². The van der Waals surface area contributed by atoms with Gasteiger partial charge in [0.15, 0.2) is 0 Å². The van der Waals surface area contributed by atoms with Crippen LogP contribution in [-0.2, 0) is 12.8 Å². The van der Waals surface area contributed by atoms with E-state index in [0.717, 1.165) is 23.7 Å². The van der Waals surface area contributed by atoms with Crippen LogP contribution in [0, 0.1) is 0 Å². The van der Waals surface area contributed by atoms with E-state index >= 15 is 0 Å². The minimum atomic E-state index is 0.748. The second-order valence-electron chi connectivity index (χ2n) is 2.32. The normalized spacial score (nSPS) is 10.4. The summed E-state index contributed by atoms with van der Waals surface area (Å²) in [4.78, 5) is 0. The van der Waals surface area contributed by atoms with Gasteiger partial charge in [-0.05, 0) is 6.07 Å². The number of hydrogen-bond donors (Lipinski definition) is 1. The molecule has 0 aliphatic rings. The fraction of sp³-hybridized carbons (Fsp3) is 0.571. The zero-order valence-electron chi connectivity index (χ0n) is 6.66. The van der Waals surface area contributed by atoms with E-state index < -0.39 is 0 Å². The third-order valence-corrected chi connectivity index (χ3v) is 2.31. The summed E-state index contributed by atoms with van der Waals surface area (Å²) in [6.45, 7) is 0.748. The van der Waals surface area contributed by atoms with Crippen molar-refractivity contribution in [2.24, 2.45) is 12.8 Å². The average molecular weight is 171 g/mol. The Bertz CT molecular complexity index is 209. The van der Waals surface area contributed by atoms with Gasteiger partial charge in [0.25, 0.3) is 0 Å². The second-order valence-corrected chi connectivity index (χ2v) is 3.43. The van der Waals surface area contributed by atoms with E-state index in [4.69, 9.17) is 5.73 Å². The van der Waals surface area contributed by atoms with E-state index in [0.29, 0.717) is 0 Å². The van der Waals surface area contributed by atoms with Crippen LogP contribution in [0.1, 0.15) is 5.69 Å². The van der Waals surface area contributed by atoms with Crippen molar-refractivity contribution < 1.29 is 0 Å². The molecule has 0 fully saturated rings. The average Bonchev–Trinajstić information content (AvgIpc) is 2.37. The molecule has 11 heavy (non-hydrogen) atoms. The Kier molecular flexibility index (Phi) is 3.45. The van der Waals surface area contributed by atoms with Crippen molar-refractivity contribution in [3.05, 3.63) is 18.0 Å². The van der Waals surface area contributed by atoms with Crippen LogP contribution < -0.4 is 5.73 Å². The molecule has 0 saturated heterocycles. The van der Waals surface area contributed by atoms with E-state index in [1.807, 2.05) is 35.8 Å². The molecule has 0 amide bonds. The Morgan fingerprint density at radius 2 is 2.55 bits per heavy atom. The quantitative estimate of drug-likeness (QED) is 0.675. The van der Waals surface area contributed by atoms with E-state index in [9.17, 15) is 0 Å². The third-order valence-electron chi connectivity index (χ3n) is 1.28. The van der Waals surface area contributed by atoms with Crippen molar-refractivity contribution in [3.63, 3.8) is 0 Å². The molecule has 3 nitrogen and oxygen atoms in total.